The summed E-state index contributed by atoms with van der Waals surface area (Å²) in [6.45, 7) is 0.322. The molecule has 9 heteroatoms. The molecule has 3 atom stereocenters. The van der Waals surface area contributed by atoms with Gasteiger partial charge in [0.2, 0.25) is 11.8 Å². The van der Waals surface area contributed by atoms with Crippen molar-refractivity contribution in [3.63, 3.8) is 0 Å². The highest BCUT2D eigenvalue weighted by Gasteiger charge is 2.39. The average Bonchev–Trinajstić information content (AvgIpc) is 3.52. The molecule has 0 saturated heterocycles. The normalized spacial score (nSPS) is 19.9. The topological polar surface area (TPSA) is 135 Å². The van der Waals surface area contributed by atoms with Crippen molar-refractivity contribution in [1.29, 1.82) is 0 Å². The third-order valence-corrected chi connectivity index (χ3v) is 7.48. The van der Waals surface area contributed by atoms with Crippen molar-refractivity contribution in [2.45, 2.75) is 44.2 Å². The number of benzene rings is 2. The second kappa shape index (κ2) is 10.1. The van der Waals surface area contributed by atoms with Crippen LogP contribution in [0.5, 0.6) is 5.75 Å². The minimum absolute atomic E-state index is 0.0922. The van der Waals surface area contributed by atoms with E-state index in [1.807, 2.05) is 42.5 Å². The Morgan fingerprint density at radius 2 is 1.97 bits per heavy atom. The number of primary amides is 1. The van der Waals surface area contributed by atoms with E-state index in [9.17, 15) is 19.2 Å². The largest absolute Gasteiger partial charge is 0.496 e. The van der Waals surface area contributed by atoms with Crippen molar-refractivity contribution in [2.75, 3.05) is 13.7 Å². The monoisotopic (exact) mass is 502 g/mol. The third-order valence-electron chi connectivity index (χ3n) is 7.48. The number of hydrogen-bond acceptors (Lipinski definition) is 5. The summed E-state index contributed by atoms with van der Waals surface area (Å²) in [6.07, 6.45) is 2.70. The number of fused-ring (bicyclic) bond motifs is 2. The molecule has 0 bridgehead atoms. The highest BCUT2D eigenvalue weighted by atomic mass is 16.5. The van der Waals surface area contributed by atoms with E-state index in [-0.39, 0.29) is 24.0 Å². The molecule has 2 heterocycles. The fourth-order valence-electron chi connectivity index (χ4n) is 5.56. The summed E-state index contributed by atoms with van der Waals surface area (Å²) in [5.41, 5.74) is 8.37. The van der Waals surface area contributed by atoms with E-state index < -0.39 is 23.9 Å². The number of H-pyrrole nitrogens is 1. The van der Waals surface area contributed by atoms with E-state index in [0.29, 0.717) is 42.8 Å². The smallest absolute Gasteiger partial charge is 0.271 e. The Balaban J connectivity index is 1.46. The number of Topliss-reactive ketones (excluding diaryl/α,β-unsaturated/α-hetero) is 1. The van der Waals surface area contributed by atoms with Crippen LogP contribution >= 0.6 is 0 Å². The fraction of sp³-hybridized carbons (Fsp3) is 0.357. The van der Waals surface area contributed by atoms with Crippen LogP contribution in [0.4, 0.5) is 0 Å². The molecule has 1 saturated carbocycles. The number of nitrogens with zero attached hydrogens (tertiary/aromatic N) is 1. The van der Waals surface area contributed by atoms with Gasteiger partial charge in [0.1, 0.15) is 29.3 Å². The molecule has 4 N–H and O–H groups in total. The molecule has 1 aliphatic heterocycles. The van der Waals surface area contributed by atoms with Gasteiger partial charge in [-0.1, -0.05) is 30.3 Å². The number of ether oxygens (including phenoxy) is 1. The van der Waals surface area contributed by atoms with E-state index in [0.717, 1.165) is 22.9 Å². The van der Waals surface area contributed by atoms with Crippen LogP contribution in [0.3, 0.4) is 0 Å². The first kappa shape index (κ1) is 24.5. The highest BCUT2D eigenvalue weighted by molar-refractivity contribution is 6.02. The van der Waals surface area contributed by atoms with Gasteiger partial charge in [0.15, 0.2) is 0 Å². The van der Waals surface area contributed by atoms with E-state index in [1.165, 1.54) is 4.90 Å². The van der Waals surface area contributed by atoms with Gasteiger partial charge < -0.3 is 25.7 Å². The predicted octanol–water partition coefficient (Wildman–Crippen LogP) is 2.65. The Morgan fingerprint density at radius 1 is 1.16 bits per heavy atom. The van der Waals surface area contributed by atoms with Gasteiger partial charge in [0.05, 0.1) is 7.11 Å². The van der Waals surface area contributed by atoms with Gasteiger partial charge in [-0.2, -0.15) is 0 Å². The zero-order valence-corrected chi connectivity index (χ0v) is 20.7. The Hall–Kier alpha value is -4.14. The highest BCUT2D eigenvalue weighted by Crippen LogP contribution is 2.33. The number of aromatic nitrogens is 1. The zero-order valence-electron chi connectivity index (χ0n) is 20.7. The summed E-state index contributed by atoms with van der Waals surface area (Å²) in [5.74, 6) is -1.10. The van der Waals surface area contributed by atoms with Gasteiger partial charge in [-0.25, -0.2) is 0 Å². The first-order valence-electron chi connectivity index (χ1n) is 12.5. The Kier molecular flexibility index (Phi) is 6.69. The van der Waals surface area contributed by atoms with Crippen molar-refractivity contribution in [1.82, 2.24) is 15.2 Å². The van der Waals surface area contributed by atoms with E-state index in [2.05, 4.69) is 10.3 Å². The van der Waals surface area contributed by atoms with Crippen LogP contribution in [-0.4, -0.2) is 53.1 Å². The van der Waals surface area contributed by atoms with Gasteiger partial charge in [-0.05, 0) is 55.0 Å². The van der Waals surface area contributed by atoms with Crippen molar-refractivity contribution < 1.29 is 23.9 Å². The summed E-state index contributed by atoms with van der Waals surface area (Å²) >= 11 is 0. The lowest BCUT2D eigenvalue weighted by atomic mass is 9.91. The summed E-state index contributed by atoms with van der Waals surface area (Å²) in [5, 5.41) is 3.53. The molecule has 2 aliphatic rings. The van der Waals surface area contributed by atoms with Crippen LogP contribution in [0.2, 0.25) is 0 Å². The molecule has 1 fully saturated rings. The molecule has 3 aromatic rings. The van der Waals surface area contributed by atoms with Gasteiger partial charge in [-0.3, -0.25) is 19.2 Å². The third kappa shape index (κ3) is 4.69. The Bertz CT molecular complexity index is 1380. The molecule has 5 rings (SSSR count). The van der Waals surface area contributed by atoms with Crippen LogP contribution in [-0.2, 0) is 20.8 Å². The van der Waals surface area contributed by atoms with Crippen molar-refractivity contribution in [3.8, 4) is 5.75 Å². The minimum atomic E-state index is -0.997. The number of hydrogen-bond donors (Lipinski definition) is 3. The van der Waals surface area contributed by atoms with Crippen LogP contribution in [0, 0.1) is 5.92 Å². The summed E-state index contributed by atoms with van der Waals surface area (Å²) < 4.78 is 5.42. The van der Waals surface area contributed by atoms with Gasteiger partial charge in [0, 0.05) is 29.8 Å². The second-order valence-electron chi connectivity index (χ2n) is 9.71. The molecular formula is C28H30N4O5. The van der Waals surface area contributed by atoms with Crippen molar-refractivity contribution >= 4 is 34.4 Å². The molecule has 1 aliphatic carbocycles. The maximum atomic E-state index is 13.8. The fourth-order valence-corrected chi connectivity index (χ4v) is 5.56. The summed E-state index contributed by atoms with van der Waals surface area (Å²) in [7, 11) is 1.57. The number of rotatable bonds is 7. The lowest BCUT2D eigenvalue weighted by Crippen LogP contribution is -2.52. The van der Waals surface area contributed by atoms with Gasteiger partial charge in [-0.15, -0.1) is 0 Å². The number of ketones is 1. The number of methoxy groups -OCH3 is 1. The standard InChI is InChI=1S/C28H30N4O5/c1-37-24-11-5-9-20-19(24)15-22(30-20)28(36)32-13-12-16-6-2-3-8-18(16)25(32)27(35)31-21(26(29)34)14-17-7-4-10-23(17)33/h2-3,5-6,8-9,11,15,17,21,25,30H,4,7,10,12-14H2,1H3,(H2,29,34)(H,31,35)/t17-,21-,25-/m0/s1. The molecule has 192 valence electrons. The quantitative estimate of drug-likeness (QED) is 0.457. The van der Waals surface area contributed by atoms with Gasteiger partial charge in [0.25, 0.3) is 5.91 Å². The van der Waals surface area contributed by atoms with E-state index in [4.69, 9.17) is 10.5 Å². The SMILES string of the molecule is COc1cccc2[nH]c(C(=O)N3CCc4ccccc4[C@H]3C(=O)N[C@@H](C[C@@H]3CCCC3=O)C(N)=O)cc12. The van der Waals surface area contributed by atoms with Crippen LogP contribution < -0.4 is 15.8 Å². The molecule has 0 unspecified atom stereocenters. The Labute approximate surface area is 214 Å². The van der Waals surface area contributed by atoms with E-state index >= 15 is 0 Å². The number of carbonyl (C=O) groups is 4. The molecular weight excluding hydrogens is 472 g/mol. The second-order valence-corrected chi connectivity index (χ2v) is 9.71. The lowest BCUT2D eigenvalue weighted by molar-refractivity contribution is -0.131. The zero-order chi connectivity index (χ0) is 26.1. The molecule has 9 nitrogen and oxygen atoms in total. The molecule has 0 spiro atoms. The molecule has 37 heavy (non-hydrogen) atoms. The summed E-state index contributed by atoms with van der Waals surface area (Å²) in [6, 6.07) is 12.8. The number of aromatic amines is 1. The number of amides is 3. The van der Waals surface area contributed by atoms with Gasteiger partial charge >= 0.3 is 0 Å². The maximum Gasteiger partial charge on any atom is 0.271 e. The van der Waals surface area contributed by atoms with E-state index in [1.54, 1.807) is 13.2 Å². The molecule has 1 aromatic heterocycles. The van der Waals surface area contributed by atoms with Crippen LogP contribution in [0.25, 0.3) is 10.9 Å². The van der Waals surface area contributed by atoms with Crippen LogP contribution in [0.15, 0.2) is 48.5 Å². The number of nitrogens with two attached hydrogens (primary N) is 1. The number of nitrogens with one attached hydrogen (secondary N) is 2. The van der Waals surface area contributed by atoms with Crippen molar-refractivity contribution in [2.24, 2.45) is 11.7 Å². The average molecular weight is 503 g/mol. The van der Waals surface area contributed by atoms with Crippen molar-refractivity contribution in [3.05, 3.63) is 65.4 Å². The molecule has 3 amide bonds. The molecule has 0 radical (unpaired) electrons. The number of carbonyl (C=O) groups excluding carboxylic acids is 4. The maximum absolute atomic E-state index is 13.8. The lowest BCUT2D eigenvalue weighted by Gasteiger charge is -2.37. The Morgan fingerprint density at radius 3 is 2.70 bits per heavy atom. The van der Waals surface area contributed by atoms with Crippen LogP contribution in [0.1, 0.15) is 53.3 Å². The predicted molar refractivity (Wildman–Crippen MR) is 137 cm³/mol. The first-order chi connectivity index (χ1) is 17.9. The minimum Gasteiger partial charge on any atom is -0.496 e. The molecule has 2 aromatic carbocycles. The first-order valence-corrected chi connectivity index (χ1v) is 12.5. The summed E-state index contributed by atoms with van der Waals surface area (Å²) in [4.78, 5) is 56.6.